The Labute approximate surface area is 517 Å². The minimum Gasteiger partial charge on any atom is -0.508 e. The number of nitrogens with one attached hydrogen (secondary N) is 11. The monoisotopic (exact) mass is 1240 g/mol. The minimum absolute atomic E-state index is 0.0290. The van der Waals surface area contributed by atoms with Crippen LogP contribution < -0.4 is 59.3 Å². The summed E-state index contributed by atoms with van der Waals surface area (Å²) < 4.78 is 14.1. The number of nitrogens with two attached hydrogens (primary N) is 2. The number of ether oxygens (including phenoxy) is 1. The lowest BCUT2D eigenvalue weighted by Crippen LogP contribution is -2.62. The van der Waals surface area contributed by atoms with Crippen LogP contribution in [0.2, 0.25) is 0 Å². The standard InChI is InChI=1S/C60H86N16O13/c1-7-64-57(87)48-15-11-23-76(48)58(88)41(14-10-22-65-59(61)62)69-51(81)42(24-33(2)3)70-56(86)47(31-89-60(4,5)6)75-52(82)43(25-34-16-18-37(78)19-17-34)71-55(85)46(30-77)74-53(83)44(26-35-28-66-39-13-9-8-12-38(35)39)72-54(84)45(27-36-29-63-32-67-36)73-50(80)40-20-21-49(79)68-40/h8-9,12-13,16-19,28-29,32-33,40-48,66,77-78H,7,10-11,14-15,20-27,30-31H2,1-6H3,(H,63,67)(H,64,87)(H,68,79)(H,69,81)(H,70,86)(H,71,85)(H,72,84)(H,73,80)(H,74,83)(H,75,82)(H4,61,62,65)/t40-,41-,42-,43-,44-,45-,46-,47-,48-/m0/s1/i4D. The zero-order chi connectivity index (χ0) is 65.7. The van der Waals surface area contributed by atoms with Crippen molar-refractivity contribution in [2.75, 3.05) is 32.8 Å². The number of hydrogen-bond donors (Lipinski definition) is 15. The summed E-state index contributed by atoms with van der Waals surface area (Å²) in [6, 6.07) is 0.693. The van der Waals surface area contributed by atoms with Gasteiger partial charge in [0, 0.05) is 75.7 Å². The number of fused-ring (bicyclic) bond motifs is 1. The van der Waals surface area contributed by atoms with Crippen molar-refractivity contribution < 1.29 is 64.3 Å². The Balaban J connectivity index is 1.25. The number of aromatic amines is 2. The van der Waals surface area contributed by atoms with Crippen molar-refractivity contribution in [3.05, 3.63) is 84.1 Å². The minimum atomic E-state index is -1.80. The Morgan fingerprint density at radius 3 is 2.03 bits per heavy atom. The molecule has 484 valence electrons. The molecule has 2 fully saturated rings. The van der Waals surface area contributed by atoms with Crippen molar-refractivity contribution in [2.45, 2.75) is 166 Å². The van der Waals surface area contributed by atoms with Crippen molar-refractivity contribution in [3.63, 3.8) is 0 Å². The molecule has 29 heteroatoms. The molecule has 29 nitrogen and oxygen atoms in total. The van der Waals surface area contributed by atoms with Gasteiger partial charge in [0.1, 0.15) is 60.1 Å². The molecule has 2 aromatic carbocycles. The molecule has 89 heavy (non-hydrogen) atoms. The molecule has 0 saturated carbocycles. The van der Waals surface area contributed by atoms with Crippen LogP contribution in [-0.4, -0.2) is 188 Å². The number of guanidine groups is 1. The van der Waals surface area contributed by atoms with Gasteiger partial charge in [-0.25, -0.2) is 4.98 Å². The number of carbonyl (C=O) groups is 10. The van der Waals surface area contributed by atoms with Gasteiger partial charge in [0.05, 0.1) is 25.1 Å². The van der Waals surface area contributed by atoms with E-state index in [-0.39, 0.29) is 101 Å². The van der Waals surface area contributed by atoms with Crippen molar-refractivity contribution in [3.8, 4) is 5.75 Å². The highest BCUT2D eigenvalue weighted by atomic mass is 16.5. The van der Waals surface area contributed by atoms with Crippen molar-refractivity contribution in [1.82, 2.24) is 67.7 Å². The molecule has 0 spiro atoms. The molecule has 2 saturated heterocycles. The molecule has 0 unspecified atom stereocenters. The van der Waals surface area contributed by atoms with Gasteiger partial charge in [0.2, 0.25) is 59.1 Å². The summed E-state index contributed by atoms with van der Waals surface area (Å²) in [5.74, 6) is -7.98. The predicted molar refractivity (Wildman–Crippen MR) is 326 cm³/mol. The van der Waals surface area contributed by atoms with E-state index < -0.39 is 120 Å². The van der Waals surface area contributed by atoms with Gasteiger partial charge in [-0.15, -0.1) is 0 Å². The van der Waals surface area contributed by atoms with Crippen LogP contribution in [0.5, 0.6) is 5.75 Å². The highest BCUT2D eigenvalue weighted by Gasteiger charge is 2.40. The second-order valence-corrected chi connectivity index (χ2v) is 23.2. The van der Waals surface area contributed by atoms with E-state index in [1.54, 1.807) is 65.1 Å². The molecule has 0 bridgehead atoms. The van der Waals surface area contributed by atoms with Crippen LogP contribution in [-0.2, 0) is 71.9 Å². The largest absolute Gasteiger partial charge is 0.508 e. The van der Waals surface area contributed by atoms with Crippen LogP contribution in [0.1, 0.15) is 105 Å². The predicted octanol–water partition coefficient (Wildman–Crippen LogP) is -1.67. The molecule has 6 rings (SSSR count). The second-order valence-electron chi connectivity index (χ2n) is 23.2. The van der Waals surface area contributed by atoms with Crippen LogP contribution in [0.4, 0.5) is 0 Å². The highest BCUT2D eigenvalue weighted by molar-refractivity contribution is 5.99. The fourth-order valence-corrected chi connectivity index (χ4v) is 10.3. The number of imidazole rings is 1. The SMILES string of the molecule is [2H]CC(C)(C)OC[C@H](NC(=O)[C@H](Cc1ccc(O)cc1)NC(=O)[C@H](CO)NC(=O)[C@H](Cc1c[nH]c2ccccc12)NC(=O)[C@H](Cc1cnc[nH]1)NC(=O)[C@@H]1CCC(=O)N1)C(=O)N[C@@H](CC(C)C)C(=O)N[C@@H](CCCN=C(N)N)C(=O)N1CCC[C@H]1C(=O)NCC. The molecule has 17 N–H and O–H groups in total. The van der Waals surface area contributed by atoms with Crippen LogP contribution in [0.15, 0.2) is 72.2 Å². The summed E-state index contributed by atoms with van der Waals surface area (Å²) in [4.78, 5) is 156. The average molecular weight is 1240 g/mol. The smallest absolute Gasteiger partial charge is 0.245 e. The van der Waals surface area contributed by atoms with Gasteiger partial charge >= 0.3 is 0 Å². The number of aliphatic hydroxyl groups excluding tert-OH is 1. The second kappa shape index (κ2) is 32.7. The van der Waals surface area contributed by atoms with Crippen molar-refractivity contribution in [2.24, 2.45) is 22.4 Å². The highest BCUT2D eigenvalue weighted by Crippen LogP contribution is 2.22. The zero-order valence-corrected chi connectivity index (χ0v) is 50.8. The number of carbonyl (C=O) groups excluding carboxylic acids is 10. The number of rotatable bonds is 32. The first-order valence-corrected chi connectivity index (χ1v) is 29.8. The Bertz CT molecular complexity index is 3150. The number of aliphatic imine (C=N–C) groups is 1. The molecular formula is C60H86N16O13. The first kappa shape index (κ1) is 67.4. The maximum atomic E-state index is 14.8. The Morgan fingerprint density at radius 1 is 0.787 bits per heavy atom. The van der Waals surface area contributed by atoms with E-state index in [0.717, 1.165) is 0 Å². The number of phenols is 1. The molecule has 4 aromatic rings. The lowest BCUT2D eigenvalue weighted by atomic mass is 10.0. The number of hydrogen-bond acceptors (Lipinski definition) is 15. The van der Waals surface area contributed by atoms with E-state index >= 15 is 0 Å². The lowest BCUT2D eigenvalue weighted by molar-refractivity contribution is -0.142. The third-order valence-corrected chi connectivity index (χ3v) is 14.8. The topological polar surface area (TPSA) is 441 Å². The third kappa shape index (κ3) is 21.0. The summed E-state index contributed by atoms with van der Waals surface area (Å²) in [6.07, 6.45) is 5.40. The fourth-order valence-electron chi connectivity index (χ4n) is 10.3. The summed E-state index contributed by atoms with van der Waals surface area (Å²) in [5.41, 5.74) is 12.0. The van der Waals surface area contributed by atoms with E-state index in [1.165, 1.54) is 41.7 Å². The summed E-state index contributed by atoms with van der Waals surface area (Å²) in [6.45, 7) is 7.32. The molecule has 0 aliphatic carbocycles. The molecule has 10 amide bonds. The number of aromatic hydroxyl groups is 1. The first-order valence-electron chi connectivity index (χ1n) is 30.5. The Kier molecular flexibility index (Phi) is 24.8. The Hall–Kier alpha value is -9.12. The van der Waals surface area contributed by atoms with Gasteiger partial charge < -0.3 is 89.1 Å². The first-order chi connectivity index (χ1) is 42.9. The van der Waals surface area contributed by atoms with E-state index in [4.69, 9.17) is 17.6 Å². The molecule has 0 radical (unpaired) electrons. The third-order valence-electron chi connectivity index (χ3n) is 14.8. The normalized spacial score (nSPS) is 17.3. The number of amides is 10. The van der Waals surface area contributed by atoms with Gasteiger partial charge in [-0.05, 0) is 101 Å². The van der Waals surface area contributed by atoms with Gasteiger partial charge in [0.25, 0.3) is 0 Å². The number of H-pyrrole nitrogens is 2. The summed E-state index contributed by atoms with van der Waals surface area (Å²) >= 11 is 0. The van der Waals surface area contributed by atoms with Gasteiger partial charge in [-0.1, -0.05) is 44.2 Å². The van der Waals surface area contributed by atoms with Crippen LogP contribution >= 0.6 is 0 Å². The maximum absolute atomic E-state index is 14.8. The quantitative estimate of drug-likeness (QED) is 0.0148. The number of likely N-dealkylation sites (N-methyl/N-ethyl adjacent to an activating group) is 1. The van der Waals surface area contributed by atoms with E-state index in [0.29, 0.717) is 47.1 Å². The lowest BCUT2D eigenvalue weighted by Gasteiger charge is -2.31. The molecule has 2 aromatic heterocycles. The van der Waals surface area contributed by atoms with Crippen LogP contribution in [0.25, 0.3) is 10.9 Å². The van der Waals surface area contributed by atoms with E-state index in [1.807, 2.05) is 0 Å². The van der Waals surface area contributed by atoms with Gasteiger partial charge in [-0.3, -0.25) is 52.9 Å². The Morgan fingerprint density at radius 2 is 1.40 bits per heavy atom. The number of aliphatic hydroxyl groups is 1. The molecule has 2 aliphatic heterocycles. The molecular weight excluding hydrogens is 1150 g/mol. The van der Waals surface area contributed by atoms with Crippen molar-refractivity contribution in [1.29, 1.82) is 0 Å². The zero-order valence-electron chi connectivity index (χ0n) is 51.8. The van der Waals surface area contributed by atoms with E-state index in [2.05, 4.69) is 67.8 Å². The van der Waals surface area contributed by atoms with Gasteiger partial charge in [-0.2, -0.15) is 0 Å². The fraction of sp³-hybridized carbons (Fsp3) is 0.533. The number of aromatic nitrogens is 3. The number of para-hydroxylation sites is 1. The van der Waals surface area contributed by atoms with Crippen molar-refractivity contribution >= 4 is 75.9 Å². The molecule has 9 atom stereocenters. The summed E-state index contributed by atoms with van der Waals surface area (Å²) in [5, 5.41) is 45.6. The number of phenolic OH excluding ortho intramolecular Hbond substituents is 1. The maximum Gasteiger partial charge on any atom is 0.245 e. The van der Waals surface area contributed by atoms with Gasteiger partial charge in [0.15, 0.2) is 5.96 Å². The summed E-state index contributed by atoms with van der Waals surface area (Å²) in [7, 11) is 0. The average Bonchev–Trinajstić information content (AvgIpc) is 1.99. The van der Waals surface area contributed by atoms with Crippen LogP contribution in [0, 0.1) is 5.92 Å². The number of likely N-dealkylation sites (tertiary alicyclic amines) is 1. The number of nitrogens with zero attached hydrogens (tertiary/aromatic N) is 3. The number of benzene rings is 2. The van der Waals surface area contributed by atoms with E-state index in [9.17, 15) is 58.2 Å². The molecule has 4 heterocycles. The molecule has 2 aliphatic rings. The van der Waals surface area contributed by atoms with Crippen LogP contribution in [0.3, 0.4) is 0 Å².